The molecule has 16 heavy (non-hydrogen) atoms. The lowest BCUT2D eigenvalue weighted by molar-refractivity contribution is 0.660. The molecule has 2 rings (SSSR count). The van der Waals surface area contributed by atoms with Gasteiger partial charge in [0.25, 0.3) is 0 Å². The number of halogens is 1. The second kappa shape index (κ2) is 4.18. The van der Waals surface area contributed by atoms with Gasteiger partial charge in [-0.2, -0.15) is 5.10 Å². The fraction of sp³-hybridized carbons (Fsp3) is 0.250. The third-order valence-corrected chi connectivity index (χ3v) is 2.76. The van der Waals surface area contributed by atoms with E-state index in [0.29, 0.717) is 11.6 Å². The highest BCUT2D eigenvalue weighted by atomic mass is 35.5. The summed E-state index contributed by atoms with van der Waals surface area (Å²) in [5.74, 6) is 0. The largest absolute Gasteiger partial charge is 0.398 e. The van der Waals surface area contributed by atoms with Gasteiger partial charge in [-0.05, 0) is 43.7 Å². The van der Waals surface area contributed by atoms with Gasteiger partial charge in [-0.1, -0.05) is 11.6 Å². The van der Waals surface area contributed by atoms with Crippen LogP contribution in [0.15, 0.2) is 24.3 Å². The summed E-state index contributed by atoms with van der Waals surface area (Å²) >= 11 is 5.94. The first kappa shape index (κ1) is 11.0. The van der Waals surface area contributed by atoms with Gasteiger partial charge in [0.2, 0.25) is 0 Å². The molecule has 1 heterocycles. The predicted octanol–water partition coefficient (Wildman–Crippen LogP) is 2.78. The van der Waals surface area contributed by atoms with Crippen LogP contribution in [0.25, 0.3) is 0 Å². The first-order valence-corrected chi connectivity index (χ1v) is 5.49. The lowest BCUT2D eigenvalue weighted by Crippen LogP contribution is -2.06. The van der Waals surface area contributed by atoms with E-state index in [1.54, 1.807) is 6.07 Å². The van der Waals surface area contributed by atoms with Gasteiger partial charge in [0.05, 0.1) is 12.2 Å². The summed E-state index contributed by atoms with van der Waals surface area (Å²) in [6, 6.07) is 7.54. The number of nitrogens with two attached hydrogens (primary N) is 1. The van der Waals surface area contributed by atoms with Gasteiger partial charge >= 0.3 is 0 Å². The molecule has 0 saturated heterocycles. The van der Waals surface area contributed by atoms with E-state index in [2.05, 4.69) is 5.10 Å². The SMILES string of the molecule is Cc1cc(C)n(Cc2cc(Cl)ccc2N)n1. The van der Waals surface area contributed by atoms with Gasteiger partial charge in [-0.15, -0.1) is 0 Å². The van der Waals surface area contributed by atoms with E-state index in [4.69, 9.17) is 17.3 Å². The average Bonchev–Trinajstić information content (AvgIpc) is 2.51. The van der Waals surface area contributed by atoms with Crippen molar-refractivity contribution in [1.82, 2.24) is 9.78 Å². The molecule has 0 fully saturated rings. The molecule has 0 aliphatic rings. The first-order chi connectivity index (χ1) is 7.56. The van der Waals surface area contributed by atoms with Crippen molar-refractivity contribution in [3.05, 3.63) is 46.2 Å². The van der Waals surface area contributed by atoms with Crippen molar-refractivity contribution in [1.29, 1.82) is 0 Å². The Morgan fingerprint density at radius 3 is 2.69 bits per heavy atom. The quantitative estimate of drug-likeness (QED) is 0.814. The molecule has 0 aliphatic heterocycles. The van der Waals surface area contributed by atoms with Gasteiger partial charge < -0.3 is 5.73 Å². The van der Waals surface area contributed by atoms with Crippen LogP contribution in [0.2, 0.25) is 5.02 Å². The molecule has 1 aromatic carbocycles. The molecule has 4 heteroatoms. The summed E-state index contributed by atoms with van der Waals surface area (Å²) in [5, 5.41) is 5.09. The summed E-state index contributed by atoms with van der Waals surface area (Å²) in [6.07, 6.45) is 0. The van der Waals surface area contributed by atoms with E-state index in [1.807, 2.05) is 36.7 Å². The second-order valence-electron chi connectivity index (χ2n) is 3.93. The number of hydrogen-bond acceptors (Lipinski definition) is 2. The highest BCUT2D eigenvalue weighted by Gasteiger charge is 2.05. The van der Waals surface area contributed by atoms with E-state index in [1.165, 1.54) is 0 Å². The maximum absolute atomic E-state index is 5.94. The molecule has 0 radical (unpaired) electrons. The fourth-order valence-electron chi connectivity index (χ4n) is 1.71. The van der Waals surface area contributed by atoms with Crippen LogP contribution in [-0.2, 0) is 6.54 Å². The second-order valence-corrected chi connectivity index (χ2v) is 4.36. The van der Waals surface area contributed by atoms with Crippen molar-refractivity contribution >= 4 is 17.3 Å². The smallest absolute Gasteiger partial charge is 0.0683 e. The van der Waals surface area contributed by atoms with Crippen molar-refractivity contribution in [2.24, 2.45) is 0 Å². The summed E-state index contributed by atoms with van der Waals surface area (Å²) in [5.41, 5.74) is 9.77. The Balaban J connectivity index is 2.33. The van der Waals surface area contributed by atoms with Gasteiger partial charge in [-0.25, -0.2) is 0 Å². The van der Waals surface area contributed by atoms with E-state index in [-0.39, 0.29) is 0 Å². The highest BCUT2D eigenvalue weighted by molar-refractivity contribution is 6.30. The zero-order valence-electron chi connectivity index (χ0n) is 9.37. The van der Waals surface area contributed by atoms with Gasteiger partial charge in [-0.3, -0.25) is 4.68 Å². The van der Waals surface area contributed by atoms with Crippen LogP contribution in [0.1, 0.15) is 17.0 Å². The Labute approximate surface area is 99.8 Å². The molecular formula is C12H14ClN3. The molecule has 0 bridgehead atoms. The molecule has 1 aromatic heterocycles. The van der Waals surface area contributed by atoms with Crippen LogP contribution in [0, 0.1) is 13.8 Å². The molecule has 0 saturated carbocycles. The minimum absolute atomic E-state index is 0.659. The third-order valence-electron chi connectivity index (χ3n) is 2.53. The van der Waals surface area contributed by atoms with Crippen molar-refractivity contribution in [3.63, 3.8) is 0 Å². The molecule has 0 amide bonds. The van der Waals surface area contributed by atoms with Crippen LogP contribution in [0.3, 0.4) is 0 Å². The third kappa shape index (κ3) is 2.19. The normalized spacial score (nSPS) is 10.7. The Kier molecular flexibility index (Phi) is 2.88. The maximum atomic E-state index is 5.94. The van der Waals surface area contributed by atoms with Gasteiger partial charge in [0, 0.05) is 16.4 Å². The summed E-state index contributed by atoms with van der Waals surface area (Å²) in [7, 11) is 0. The van der Waals surface area contributed by atoms with E-state index >= 15 is 0 Å². The first-order valence-electron chi connectivity index (χ1n) is 5.11. The number of anilines is 1. The van der Waals surface area contributed by atoms with Crippen molar-refractivity contribution in [2.45, 2.75) is 20.4 Å². The number of aromatic nitrogens is 2. The minimum Gasteiger partial charge on any atom is -0.398 e. The number of nitrogens with zero attached hydrogens (tertiary/aromatic N) is 2. The molecule has 84 valence electrons. The molecule has 0 atom stereocenters. The fourth-order valence-corrected chi connectivity index (χ4v) is 1.90. The molecule has 2 aromatic rings. The Bertz CT molecular complexity index is 517. The van der Waals surface area contributed by atoms with Gasteiger partial charge in [0.1, 0.15) is 0 Å². The Hall–Kier alpha value is -1.48. The molecule has 0 unspecified atom stereocenters. The Morgan fingerprint density at radius 1 is 1.31 bits per heavy atom. The molecular weight excluding hydrogens is 222 g/mol. The molecule has 3 nitrogen and oxygen atoms in total. The van der Waals surface area contributed by atoms with Crippen LogP contribution in [0.4, 0.5) is 5.69 Å². The summed E-state index contributed by atoms with van der Waals surface area (Å²) in [4.78, 5) is 0. The number of hydrogen-bond donors (Lipinski definition) is 1. The summed E-state index contributed by atoms with van der Waals surface area (Å²) in [6.45, 7) is 4.66. The predicted molar refractivity (Wildman–Crippen MR) is 66.7 cm³/mol. The number of nitrogen functional groups attached to an aromatic ring is 1. The van der Waals surface area contributed by atoms with E-state index in [0.717, 1.165) is 22.6 Å². The van der Waals surface area contributed by atoms with Crippen LogP contribution < -0.4 is 5.73 Å². The molecule has 0 spiro atoms. The molecule has 2 N–H and O–H groups in total. The lowest BCUT2D eigenvalue weighted by Gasteiger charge is -2.08. The van der Waals surface area contributed by atoms with Crippen molar-refractivity contribution in [2.75, 3.05) is 5.73 Å². The monoisotopic (exact) mass is 235 g/mol. The maximum Gasteiger partial charge on any atom is 0.0683 e. The zero-order valence-corrected chi connectivity index (χ0v) is 10.1. The van der Waals surface area contributed by atoms with E-state index in [9.17, 15) is 0 Å². The lowest BCUT2D eigenvalue weighted by atomic mass is 10.2. The number of benzene rings is 1. The zero-order chi connectivity index (χ0) is 11.7. The standard InChI is InChI=1S/C12H14ClN3/c1-8-5-9(2)16(15-8)7-10-6-11(13)3-4-12(10)14/h3-6H,7,14H2,1-2H3. The van der Waals surface area contributed by atoms with E-state index < -0.39 is 0 Å². The average molecular weight is 236 g/mol. The van der Waals surface area contributed by atoms with Crippen LogP contribution in [-0.4, -0.2) is 9.78 Å². The van der Waals surface area contributed by atoms with Crippen molar-refractivity contribution < 1.29 is 0 Å². The molecule has 0 aliphatic carbocycles. The van der Waals surface area contributed by atoms with Crippen LogP contribution >= 0.6 is 11.6 Å². The number of rotatable bonds is 2. The van der Waals surface area contributed by atoms with Gasteiger partial charge in [0.15, 0.2) is 0 Å². The Morgan fingerprint density at radius 2 is 2.06 bits per heavy atom. The topological polar surface area (TPSA) is 43.8 Å². The van der Waals surface area contributed by atoms with Crippen molar-refractivity contribution in [3.8, 4) is 0 Å². The highest BCUT2D eigenvalue weighted by Crippen LogP contribution is 2.19. The minimum atomic E-state index is 0.659. The number of aryl methyl sites for hydroxylation is 2. The summed E-state index contributed by atoms with van der Waals surface area (Å²) < 4.78 is 1.93. The van der Waals surface area contributed by atoms with Crippen LogP contribution in [0.5, 0.6) is 0 Å².